The predicted octanol–water partition coefficient (Wildman–Crippen LogP) is 5.59. The number of hydrogen-bond acceptors (Lipinski definition) is 0. The van der Waals surface area contributed by atoms with Crippen molar-refractivity contribution in [3.63, 3.8) is 0 Å². The molecule has 0 aliphatic carbocycles. The molecule has 1 aromatic rings. The van der Waals surface area contributed by atoms with Crippen LogP contribution >= 0.6 is 39.1 Å². The summed E-state index contributed by atoms with van der Waals surface area (Å²) in [4.78, 5) is 0. The van der Waals surface area contributed by atoms with E-state index >= 15 is 0 Å². The number of hydrogen-bond donors (Lipinski definition) is 0. The first-order chi connectivity index (χ1) is 7.54. The normalized spacial score (nSPS) is 13.1. The topological polar surface area (TPSA) is 0 Å². The van der Waals surface area contributed by atoms with Crippen molar-refractivity contribution in [3.05, 3.63) is 33.8 Å². The van der Waals surface area contributed by atoms with Crippen LogP contribution in [0.2, 0.25) is 10.0 Å². The van der Waals surface area contributed by atoms with Gasteiger partial charge in [0.25, 0.3) is 0 Å². The molecule has 0 aliphatic heterocycles. The van der Waals surface area contributed by atoms with Gasteiger partial charge in [-0.3, -0.25) is 0 Å². The van der Waals surface area contributed by atoms with Gasteiger partial charge in [-0.05, 0) is 42.4 Å². The summed E-state index contributed by atoms with van der Waals surface area (Å²) >= 11 is 15.9. The number of benzene rings is 1. The molecule has 0 saturated carbocycles. The molecule has 0 bridgehead atoms. The maximum absolute atomic E-state index is 6.17. The third kappa shape index (κ3) is 4.27. The molecule has 1 unspecified atom stereocenters. The van der Waals surface area contributed by atoms with Crippen LogP contribution in [0.15, 0.2) is 18.2 Å². The third-order valence-corrected chi connectivity index (χ3v) is 4.20. The van der Waals surface area contributed by atoms with Crippen molar-refractivity contribution in [3.8, 4) is 0 Å². The zero-order chi connectivity index (χ0) is 12.1. The fraction of sp³-hybridized carbons (Fsp3) is 0.538. The fourth-order valence-corrected chi connectivity index (χ4v) is 2.93. The van der Waals surface area contributed by atoms with Crippen LogP contribution in [-0.4, -0.2) is 5.33 Å². The van der Waals surface area contributed by atoms with Gasteiger partial charge in [0.15, 0.2) is 0 Å². The van der Waals surface area contributed by atoms with Crippen LogP contribution in [0.4, 0.5) is 0 Å². The third-order valence-electron chi connectivity index (χ3n) is 2.58. The van der Waals surface area contributed by atoms with Crippen LogP contribution in [0, 0.1) is 11.8 Å². The van der Waals surface area contributed by atoms with Gasteiger partial charge in [0.05, 0.1) is 0 Å². The van der Waals surface area contributed by atoms with Crippen molar-refractivity contribution >= 4 is 39.1 Å². The summed E-state index contributed by atoms with van der Waals surface area (Å²) in [6, 6.07) is 5.70. The second-order valence-electron chi connectivity index (χ2n) is 4.55. The summed E-state index contributed by atoms with van der Waals surface area (Å²) in [5.74, 6) is 1.29. The van der Waals surface area contributed by atoms with Crippen molar-refractivity contribution in [2.24, 2.45) is 11.8 Å². The zero-order valence-corrected chi connectivity index (χ0v) is 12.7. The minimum absolute atomic E-state index is 0.595. The summed E-state index contributed by atoms with van der Waals surface area (Å²) < 4.78 is 0. The van der Waals surface area contributed by atoms with E-state index < -0.39 is 0 Å². The van der Waals surface area contributed by atoms with Gasteiger partial charge in [0, 0.05) is 15.4 Å². The molecule has 0 aromatic heterocycles. The van der Waals surface area contributed by atoms with Crippen molar-refractivity contribution in [2.75, 3.05) is 5.33 Å². The molecule has 1 aromatic carbocycles. The quantitative estimate of drug-likeness (QED) is 0.619. The lowest BCUT2D eigenvalue weighted by Crippen LogP contribution is -2.10. The van der Waals surface area contributed by atoms with Gasteiger partial charge in [0.1, 0.15) is 0 Å². The first kappa shape index (κ1) is 14.3. The molecule has 0 N–H and O–H groups in total. The Morgan fingerprint density at radius 1 is 1.19 bits per heavy atom. The molecule has 3 heteroatoms. The smallest absolute Gasteiger partial charge is 0.0452 e. The Morgan fingerprint density at radius 3 is 2.19 bits per heavy atom. The van der Waals surface area contributed by atoms with E-state index in [0.29, 0.717) is 11.8 Å². The lowest BCUT2D eigenvalue weighted by Gasteiger charge is -2.17. The minimum Gasteiger partial charge on any atom is -0.0925 e. The van der Waals surface area contributed by atoms with Crippen LogP contribution in [0.25, 0.3) is 0 Å². The highest BCUT2D eigenvalue weighted by atomic mass is 79.9. The molecule has 0 fully saturated rings. The standard InChI is InChI=1S/C13H17BrCl2/c1-9(2)6-10(8-14)7-11-12(15)4-3-5-13(11)16/h3-5,9-10H,6-8H2,1-2H3. The Labute approximate surface area is 116 Å². The van der Waals surface area contributed by atoms with Gasteiger partial charge >= 0.3 is 0 Å². The molecule has 0 saturated heterocycles. The molecule has 0 heterocycles. The van der Waals surface area contributed by atoms with Crippen LogP contribution < -0.4 is 0 Å². The highest BCUT2D eigenvalue weighted by Crippen LogP contribution is 2.29. The Hall–Kier alpha value is 0.280. The molecular formula is C13H17BrCl2. The van der Waals surface area contributed by atoms with Crippen LogP contribution in [0.1, 0.15) is 25.8 Å². The molecule has 1 rings (SSSR count). The van der Waals surface area contributed by atoms with Crippen molar-refractivity contribution < 1.29 is 0 Å². The maximum atomic E-state index is 6.17. The Balaban J connectivity index is 2.77. The Bertz CT molecular complexity index is 316. The predicted molar refractivity (Wildman–Crippen MR) is 76.9 cm³/mol. The Kier molecular flexibility index (Phi) is 6.17. The molecule has 16 heavy (non-hydrogen) atoms. The fourth-order valence-electron chi connectivity index (χ4n) is 1.88. The monoisotopic (exact) mass is 322 g/mol. The van der Waals surface area contributed by atoms with E-state index in [1.54, 1.807) is 0 Å². The first-order valence-electron chi connectivity index (χ1n) is 5.53. The largest absolute Gasteiger partial charge is 0.0925 e. The van der Waals surface area contributed by atoms with E-state index in [1.807, 2.05) is 18.2 Å². The van der Waals surface area contributed by atoms with Gasteiger partial charge in [-0.1, -0.05) is 59.0 Å². The van der Waals surface area contributed by atoms with Crippen LogP contribution in [0.5, 0.6) is 0 Å². The summed E-state index contributed by atoms with van der Waals surface area (Å²) in [6.07, 6.45) is 2.13. The lowest BCUT2D eigenvalue weighted by atomic mass is 9.92. The SMILES string of the molecule is CC(C)CC(CBr)Cc1c(Cl)cccc1Cl. The number of rotatable bonds is 5. The van der Waals surface area contributed by atoms with Gasteiger partial charge in [0.2, 0.25) is 0 Å². The number of alkyl halides is 1. The average molecular weight is 324 g/mol. The van der Waals surface area contributed by atoms with E-state index in [1.165, 1.54) is 6.42 Å². The zero-order valence-electron chi connectivity index (χ0n) is 9.64. The van der Waals surface area contributed by atoms with Crippen molar-refractivity contribution in [1.29, 1.82) is 0 Å². The molecule has 0 amide bonds. The van der Waals surface area contributed by atoms with Gasteiger partial charge in [-0.2, -0.15) is 0 Å². The number of halogens is 3. The van der Waals surface area contributed by atoms with E-state index in [0.717, 1.165) is 27.4 Å². The molecule has 90 valence electrons. The molecule has 0 nitrogen and oxygen atoms in total. The highest BCUT2D eigenvalue weighted by molar-refractivity contribution is 9.09. The molecule has 0 aliphatic rings. The molecule has 0 radical (unpaired) electrons. The van der Waals surface area contributed by atoms with Gasteiger partial charge < -0.3 is 0 Å². The average Bonchev–Trinajstić information content (AvgIpc) is 2.21. The Morgan fingerprint density at radius 2 is 1.75 bits per heavy atom. The van der Waals surface area contributed by atoms with E-state index in [-0.39, 0.29) is 0 Å². The van der Waals surface area contributed by atoms with Gasteiger partial charge in [-0.25, -0.2) is 0 Å². The minimum atomic E-state index is 0.595. The summed E-state index contributed by atoms with van der Waals surface area (Å²) in [5, 5.41) is 2.55. The molecular weight excluding hydrogens is 307 g/mol. The second-order valence-corrected chi connectivity index (χ2v) is 6.02. The van der Waals surface area contributed by atoms with E-state index in [9.17, 15) is 0 Å². The summed E-state index contributed by atoms with van der Waals surface area (Å²) in [5.41, 5.74) is 1.08. The first-order valence-corrected chi connectivity index (χ1v) is 7.41. The van der Waals surface area contributed by atoms with E-state index in [4.69, 9.17) is 23.2 Å². The maximum Gasteiger partial charge on any atom is 0.0452 e. The highest BCUT2D eigenvalue weighted by Gasteiger charge is 2.14. The molecule has 1 atom stereocenters. The second kappa shape index (κ2) is 6.88. The summed E-state index contributed by atoms with van der Waals surface area (Å²) in [6.45, 7) is 4.48. The van der Waals surface area contributed by atoms with Crippen molar-refractivity contribution in [2.45, 2.75) is 26.7 Å². The lowest BCUT2D eigenvalue weighted by molar-refractivity contribution is 0.445. The summed E-state index contributed by atoms with van der Waals surface area (Å²) in [7, 11) is 0. The van der Waals surface area contributed by atoms with Crippen LogP contribution in [0.3, 0.4) is 0 Å². The van der Waals surface area contributed by atoms with Crippen molar-refractivity contribution in [1.82, 2.24) is 0 Å². The molecule has 0 spiro atoms. The van der Waals surface area contributed by atoms with E-state index in [2.05, 4.69) is 29.8 Å². The van der Waals surface area contributed by atoms with Gasteiger partial charge in [-0.15, -0.1) is 0 Å². The van der Waals surface area contributed by atoms with Crippen LogP contribution in [-0.2, 0) is 6.42 Å².